The van der Waals surface area contributed by atoms with E-state index >= 15 is 0 Å². The van der Waals surface area contributed by atoms with Crippen molar-refractivity contribution >= 4 is 27.4 Å². The molecule has 2 saturated heterocycles. The fourth-order valence-electron chi connectivity index (χ4n) is 3.47. The molecule has 2 heterocycles. The third kappa shape index (κ3) is 5.18. The van der Waals surface area contributed by atoms with Crippen LogP contribution >= 0.6 is 0 Å². The summed E-state index contributed by atoms with van der Waals surface area (Å²) in [5.41, 5.74) is 0.516. The van der Waals surface area contributed by atoms with Crippen molar-refractivity contribution in [3.8, 4) is 0 Å². The Bertz CT molecular complexity index is 806. The summed E-state index contributed by atoms with van der Waals surface area (Å²) in [6, 6.07) is 6.51. The van der Waals surface area contributed by atoms with Crippen LogP contribution in [-0.4, -0.2) is 69.5 Å². The number of carbonyl (C=O) groups excluding carboxylic acids is 2. The summed E-state index contributed by atoms with van der Waals surface area (Å²) in [5.74, 6) is -1.24. The molecule has 7 nitrogen and oxygen atoms in total. The summed E-state index contributed by atoms with van der Waals surface area (Å²) in [4.78, 5) is 27.5. The fraction of sp³-hybridized carbons (Fsp3) is 0.556. The van der Waals surface area contributed by atoms with Crippen LogP contribution in [0.25, 0.3) is 0 Å². The monoisotopic (exact) mass is 398 g/mol. The van der Waals surface area contributed by atoms with E-state index < -0.39 is 15.8 Å². The molecule has 148 valence electrons. The van der Waals surface area contributed by atoms with Gasteiger partial charge in [0.15, 0.2) is 16.4 Å². The van der Waals surface area contributed by atoms with Crippen molar-refractivity contribution in [2.45, 2.75) is 12.8 Å². The predicted molar refractivity (Wildman–Crippen MR) is 97.5 cm³/mol. The molecule has 2 aliphatic heterocycles. The standard InChI is InChI=1S/C18H23FN2O5S/c19-15-3-1-2-4-16(15)20-6-8-21(9-7-20)17(22)12-26-18(23)11-14-5-10-27(24,25)13-14/h1-4,14H,5-13H2/t14-/m1/s1. The van der Waals surface area contributed by atoms with E-state index in [-0.39, 0.29) is 42.2 Å². The quantitative estimate of drug-likeness (QED) is 0.684. The van der Waals surface area contributed by atoms with E-state index in [9.17, 15) is 22.4 Å². The minimum Gasteiger partial charge on any atom is -0.456 e. The average molecular weight is 398 g/mol. The third-order valence-electron chi connectivity index (χ3n) is 4.96. The first kappa shape index (κ1) is 19.6. The molecule has 0 spiro atoms. The summed E-state index contributed by atoms with van der Waals surface area (Å²) < 4.78 is 41.7. The van der Waals surface area contributed by atoms with Gasteiger partial charge in [-0.15, -0.1) is 0 Å². The molecule has 1 atom stereocenters. The molecule has 0 saturated carbocycles. The molecule has 0 bridgehead atoms. The number of nitrogens with zero attached hydrogens (tertiary/aromatic N) is 2. The van der Waals surface area contributed by atoms with Crippen LogP contribution in [0.3, 0.4) is 0 Å². The Hall–Kier alpha value is -2.16. The average Bonchev–Trinajstić information content (AvgIpc) is 2.98. The minimum absolute atomic E-state index is 0.00799. The lowest BCUT2D eigenvalue weighted by Crippen LogP contribution is -2.50. The van der Waals surface area contributed by atoms with Gasteiger partial charge in [0.25, 0.3) is 5.91 Å². The number of halogens is 1. The van der Waals surface area contributed by atoms with Crippen molar-refractivity contribution in [3.05, 3.63) is 30.1 Å². The lowest BCUT2D eigenvalue weighted by atomic mass is 10.1. The van der Waals surface area contributed by atoms with Crippen molar-refractivity contribution in [2.24, 2.45) is 5.92 Å². The van der Waals surface area contributed by atoms with E-state index in [2.05, 4.69) is 0 Å². The van der Waals surface area contributed by atoms with Crippen molar-refractivity contribution in [1.29, 1.82) is 0 Å². The number of anilines is 1. The Labute approximate surface area is 158 Å². The first-order valence-corrected chi connectivity index (χ1v) is 10.8. The van der Waals surface area contributed by atoms with Crippen LogP contribution in [0.4, 0.5) is 10.1 Å². The number of carbonyl (C=O) groups is 2. The molecule has 0 radical (unpaired) electrons. The highest BCUT2D eigenvalue weighted by Gasteiger charge is 2.30. The zero-order valence-electron chi connectivity index (χ0n) is 15.0. The maximum atomic E-state index is 13.8. The number of rotatable bonds is 5. The largest absolute Gasteiger partial charge is 0.456 e. The molecule has 9 heteroatoms. The summed E-state index contributed by atoms with van der Waals surface area (Å²) in [6.07, 6.45) is 0.483. The van der Waals surface area contributed by atoms with Crippen LogP contribution in [0.2, 0.25) is 0 Å². The molecule has 0 aromatic heterocycles. The van der Waals surface area contributed by atoms with Gasteiger partial charge in [-0.2, -0.15) is 0 Å². The zero-order valence-corrected chi connectivity index (χ0v) is 15.8. The van der Waals surface area contributed by atoms with Crippen LogP contribution in [0.15, 0.2) is 24.3 Å². The number of benzene rings is 1. The number of sulfone groups is 1. The third-order valence-corrected chi connectivity index (χ3v) is 6.80. The smallest absolute Gasteiger partial charge is 0.306 e. The van der Waals surface area contributed by atoms with Gasteiger partial charge in [0.1, 0.15) is 5.82 Å². The van der Waals surface area contributed by atoms with Gasteiger partial charge in [0.05, 0.1) is 17.2 Å². The maximum Gasteiger partial charge on any atom is 0.306 e. The second-order valence-electron chi connectivity index (χ2n) is 6.95. The Morgan fingerprint density at radius 3 is 2.48 bits per heavy atom. The van der Waals surface area contributed by atoms with E-state index in [0.717, 1.165) is 0 Å². The lowest BCUT2D eigenvalue weighted by Gasteiger charge is -2.36. The topological polar surface area (TPSA) is 84.0 Å². The molecule has 27 heavy (non-hydrogen) atoms. The molecule has 2 fully saturated rings. The molecular formula is C18H23FN2O5S. The van der Waals surface area contributed by atoms with E-state index in [1.165, 1.54) is 6.07 Å². The normalized spacial score (nSPS) is 21.9. The second kappa shape index (κ2) is 8.24. The first-order chi connectivity index (χ1) is 12.8. The Morgan fingerprint density at radius 1 is 1.15 bits per heavy atom. The predicted octanol–water partition coefficient (Wildman–Crippen LogP) is 0.842. The number of amides is 1. The number of para-hydroxylation sites is 1. The molecule has 2 aliphatic rings. The number of ether oxygens (including phenoxy) is 1. The number of hydrogen-bond acceptors (Lipinski definition) is 6. The van der Waals surface area contributed by atoms with E-state index in [1.54, 1.807) is 23.1 Å². The number of hydrogen-bond donors (Lipinski definition) is 0. The number of piperazine rings is 1. The van der Waals surface area contributed by atoms with Crippen LogP contribution in [0.5, 0.6) is 0 Å². The van der Waals surface area contributed by atoms with Crippen molar-refractivity contribution in [2.75, 3.05) is 49.2 Å². The molecular weight excluding hydrogens is 375 g/mol. The van der Waals surface area contributed by atoms with Crippen LogP contribution in [0.1, 0.15) is 12.8 Å². The van der Waals surface area contributed by atoms with Gasteiger partial charge in [0.2, 0.25) is 0 Å². The number of esters is 1. The van der Waals surface area contributed by atoms with Gasteiger partial charge in [-0.25, -0.2) is 12.8 Å². The van der Waals surface area contributed by atoms with Gasteiger partial charge < -0.3 is 14.5 Å². The summed E-state index contributed by atoms with van der Waals surface area (Å²) >= 11 is 0. The maximum absolute atomic E-state index is 13.8. The highest BCUT2D eigenvalue weighted by atomic mass is 32.2. The zero-order chi connectivity index (χ0) is 19.4. The molecule has 0 unspecified atom stereocenters. The van der Waals surface area contributed by atoms with Crippen LogP contribution in [-0.2, 0) is 24.2 Å². The Kier molecular flexibility index (Phi) is 5.98. The molecule has 3 rings (SSSR count). The molecule has 1 aromatic rings. The van der Waals surface area contributed by atoms with E-state index in [1.807, 2.05) is 4.90 Å². The summed E-state index contributed by atoms with van der Waals surface area (Å²) in [5, 5.41) is 0. The van der Waals surface area contributed by atoms with Gasteiger partial charge in [0, 0.05) is 32.6 Å². The Morgan fingerprint density at radius 2 is 1.85 bits per heavy atom. The highest BCUT2D eigenvalue weighted by molar-refractivity contribution is 7.91. The summed E-state index contributed by atoms with van der Waals surface area (Å²) in [7, 11) is -3.04. The van der Waals surface area contributed by atoms with Crippen molar-refractivity contribution in [3.63, 3.8) is 0 Å². The first-order valence-electron chi connectivity index (χ1n) is 8.97. The highest BCUT2D eigenvalue weighted by Crippen LogP contribution is 2.22. The van der Waals surface area contributed by atoms with Gasteiger partial charge in [-0.3, -0.25) is 9.59 Å². The van der Waals surface area contributed by atoms with Gasteiger partial charge in [-0.05, 0) is 24.5 Å². The van der Waals surface area contributed by atoms with Gasteiger partial charge >= 0.3 is 5.97 Å². The fourth-order valence-corrected chi connectivity index (χ4v) is 5.33. The van der Waals surface area contributed by atoms with Crippen molar-refractivity contribution in [1.82, 2.24) is 4.90 Å². The van der Waals surface area contributed by atoms with Gasteiger partial charge in [-0.1, -0.05) is 12.1 Å². The minimum atomic E-state index is -3.04. The molecule has 0 N–H and O–H groups in total. The van der Waals surface area contributed by atoms with Crippen LogP contribution < -0.4 is 4.90 Å². The second-order valence-corrected chi connectivity index (χ2v) is 9.18. The SMILES string of the molecule is O=C(C[C@H]1CCS(=O)(=O)C1)OCC(=O)N1CCN(c2ccccc2F)CC1. The summed E-state index contributed by atoms with van der Waals surface area (Å²) in [6.45, 7) is 1.50. The molecule has 1 amide bonds. The van der Waals surface area contributed by atoms with Crippen LogP contribution in [0, 0.1) is 11.7 Å². The molecule has 0 aliphatic carbocycles. The van der Waals surface area contributed by atoms with E-state index in [0.29, 0.717) is 38.3 Å². The Balaban J connectivity index is 1.41. The lowest BCUT2D eigenvalue weighted by molar-refractivity contribution is -0.152. The molecule has 1 aromatic carbocycles. The van der Waals surface area contributed by atoms with Crippen molar-refractivity contribution < 1.29 is 27.1 Å². The van der Waals surface area contributed by atoms with E-state index in [4.69, 9.17) is 4.74 Å².